The van der Waals surface area contributed by atoms with Gasteiger partial charge in [0.05, 0.1) is 5.69 Å². The number of benzene rings is 1. The standard InChI is InChI=1S/C15H26N2O2S/c1-5-10-16-14-8-6-7-9-15(14)20(18,19)17-13(4)11-12(2)3/h6-9,12-13,16-17H,5,10-11H2,1-4H3. The fourth-order valence-electron chi connectivity index (χ4n) is 2.19. The molecule has 0 saturated carbocycles. The summed E-state index contributed by atoms with van der Waals surface area (Å²) in [6, 6.07) is 6.96. The van der Waals surface area contributed by atoms with Gasteiger partial charge in [0.2, 0.25) is 10.0 Å². The molecule has 1 aromatic rings. The molecular weight excluding hydrogens is 272 g/mol. The topological polar surface area (TPSA) is 58.2 Å². The lowest BCUT2D eigenvalue weighted by Gasteiger charge is -2.18. The highest BCUT2D eigenvalue weighted by atomic mass is 32.2. The molecule has 0 radical (unpaired) electrons. The largest absolute Gasteiger partial charge is 0.384 e. The molecule has 1 atom stereocenters. The van der Waals surface area contributed by atoms with Crippen LogP contribution >= 0.6 is 0 Å². The highest BCUT2D eigenvalue weighted by Gasteiger charge is 2.20. The van der Waals surface area contributed by atoms with E-state index in [-0.39, 0.29) is 6.04 Å². The molecule has 0 bridgehead atoms. The van der Waals surface area contributed by atoms with E-state index in [2.05, 4.69) is 23.9 Å². The normalized spacial score (nSPS) is 13.4. The van der Waals surface area contributed by atoms with Gasteiger partial charge in [-0.05, 0) is 37.8 Å². The number of hydrogen-bond acceptors (Lipinski definition) is 3. The molecule has 1 aromatic carbocycles. The summed E-state index contributed by atoms with van der Waals surface area (Å²) in [4.78, 5) is 0.323. The Morgan fingerprint density at radius 3 is 2.40 bits per heavy atom. The SMILES string of the molecule is CCCNc1ccccc1S(=O)(=O)NC(C)CC(C)C. The van der Waals surface area contributed by atoms with Gasteiger partial charge in [-0.15, -0.1) is 0 Å². The van der Waals surface area contributed by atoms with Gasteiger partial charge in [0, 0.05) is 12.6 Å². The van der Waals surface area contributed by atoms with Gasteiger partial charge >= 0.3 is 0 Å². The van der Waals surface area contributed by atoms with Crippen LogP contribution in [0.4, 0.5) is 5.69 Å². The zero-order valence-electron chi connectivity index (χ0n) is 12.8. The minimum Gasteiger partial charge on any atom is -0.384 e. The van der Waals surface area contributed by atoms with Crippen LogP contribution in [-0.2, 0) is 10.0 Å². The molecule has 0 aliphatic heterocycles. The van der Waals surface area contributed by atoms with Gasteiger partial charge < -0.3 is 5.32 Å². The van der Waals surface area contributed by atoms with Crippen molar-refractivity contribution in [2.75, 3.05) is 11.9 Å². The van der Waals surface area contributed by atoms with E-state index in [1.54, 1.807) is 18.2 Å². The van der Waals surface area contributed by atoms with Crippen LogP contribution in [0.5, 0.6) is 0 Å². The van der Waals surface area contributed by atoms with Crippen LogP contribution in [0.3, 0.4) is 0 Å². The Balaban J connectivity index is 2.91. The predicted octanol–water partition coefficient (Wildman–Crippen LogP) is 3.22. The van der Waals surface area contributed by atoms with Gasteiger partial charge in [0.25, 0.3) is 0 Å². The minimum absolute atomic E-state index is 0.0702. The van der Waals surface area contributed by atoms with Gasteiger partial charge in [-0.3, -0.25) is 0 Å². The minimum atomic E-state index is -3.48. The van der Waals surface area contributed by atoms with Crippen LogP contribution in [0.25, 0.3) is 0 Å². The molecule has 1 unspecified atom stereocenters. The Morgan fingerprint density at radius 1 is 1.15 bits per heavy atom. The molecule has 0 aliphatic rings. The molecule has 4 nitrogen and oxygen atoms in total. The summed E-state index contributed by atoms with van der Waals surface area (Å²) in [5.74, 6) is 0.459. The average Bonchev–Trinajstić information content (AvgIpc) is 2.34. The van der Waals surface area contributed by atoms with Gasteiger partial charge in [0.15, 0.2) is 0 Å². The smallest absolute Gasteiger partial charge is 0.242 e. The molecular formula is C15H26N2O2S. The Bertz CT molecular complexity index is 512. The Kier molecular flexibility index (Phi) is 6.49. The molecule has 0 amide bonds. The first-order valence-corrected chi connectivity index (χ1v) is 8.70. The molecule has 0 saturated heterocycles. The lowest BCUT2D eigenvalue weighted by Crippen LogP contribution is -2.34. The number of rotatable bonds is 8. The Morgan fingerprint density at radius 2 is 1.80 bits per heavy atom. The van der Waals surface area contributed by atoms with Crippen molar-refractivity contribution in [1.82, 2.24) is 4.72 Å². The highest BCUT2D eigenvalue weighted by Crippen LogP contribution is 2.21. The second-order valence-electron chi connectivity index (χ2n) is 5.57. The van der Waals surface area contributed by atoms with Crippen LogP contribution in [0.15, 0.2) is 29.2 Å². The highest BCUT2D eigenvalue weighted by molar-refractivity contribution is 7.89. The molecule has 0 heterocycles. The number of hydrogen-bond donors (Lipinski definition) is 2. The summed E-state index contributed by atoms with van der Waals surface area (Å²) in [5, 5.41) is 3.16. The third-order valence-corrected chi connectivity index (χ3v) is 4.57. The first kappa shape index (κ1) is 17.0. The molecule has 2 N–H and O–H groups in total. The van der Waals surface area contributed by atoms with Gasteiger partial charge in [-0.2, -0.15) is 0 Å². The summed E-state index contributed by atoms with van der Waals surface area (Å²) in [6.07, 6.45) is 1.77. The number of nitrogens with one attached hydrogen (secondary N) is 2. The second kappa shape index (κ2) is 7.64. The van der Waals surface area contributed by atoms with Gasteiger partial charge in [0.1, 0.15) is 4.90 Å². The van der Waals surface area contributed by atoms with Crippen LogP contribution in [0.1, 0.15) is 40.5 Å². The third kappa shape index (κ3) is 5.13. The van der Waals surface area contributed by atoms with E-state index >= 15 is 0 Å². The first-order valence-electron chi connectivity index (χ1n) is 7.22. The van der Waals surface area contributed by atoms with E-state index in [0.29, 0.717) is 16.5 Å². The van der Waals surface area contributed by atoms with Crippen LogP contribution in [0, 0.1) is 5.92 Å². The predicted molar refractivity (Wildman–Crippen MR) is 84.5 cm³/mol. The summed E-state index contributed by atoms with van der Waals surface area (Å²) in [6.45, 7) is 8.88. The zero-order valence-corrected chi connectivity index (χ0v) is 13.6. The van der Waals surface area contributed by atoms with E-state index in [1.807, 2.05) is 19.9 Å². The van der Waals surface area contributed by atoms with Crippen molar-refractivity contribution < 1.29 is 8.42 Å². The van der Waals surface area contributed by atoms with Crippen LogP contribution in [0.2, 0.25) is 0 Å². The molecule has 1 rings (SSSR count). The van der Waals surface area contributed by atoms with E-state index in [4.69, 9.17) is 0 Å². The Hall–Kier alpha value is -1.07. The van der Waals surface area contributed by atoms with E-state index in [9.17, 15) is 8.42 Å². The van der Waals surface area contributed by atoms with Crippen molar-refractivity contribution in [2.24, 2.45) is 5.92 Å². The summed E-state index contributed by atoms with van der Waals surface area (Å²) >= 11 is 0. The lowest BCUT2D eigenvalue weighted by molar-refractivity contribution is 0.482. The lowest BCUT2D eigenvalue weighted by atomic mass is 10.1. The molecule has 114 valence electrons. The number of anilines is 1. The molecule has 0 spiro atoms. The second-order valence-corrected chi connectivity index (χ2v) is 7.26. The fourth-order valence-corrected chi connectivity index (χ4v) is 3.63. The summed E-state index contributed by atoms with van der Waals surface area (Å²) in [7, 11) is -3.48. The first-order chi connectivity index (χ1) is 9.36. The van der Waals surface area contributed by atoms with E-state index < -0.39 is 10.0 Å². The number of para-hydroxylation sites is 1. The summed E-state index contributed by atoms with van der Waals surface area (Å²) < 4.78 is 27.7. The zero-order chi connectivity index (χ0) is 15.2. The maximum atomic E-state index is 12.5. The van der Waals surface area contributed by atoms with Crippen molar-refractivity contribution in [3.63, 3.8) is 0 Å². The van der Waals surface area contributed by atoms with Gasteiger partial charge in [-0.1, -0.05) is 32.9 Å². The monoisotopic (exact) mass is 298 g/mol. The maximum Gasteiger partial charge on any atom is 0.242 e. The molecule has 20 heavy (non-hydrogen) atoms. The van der Waals surface area contributed by atoms with Crippen LogP contribution in [-0.4, -0.2) is 21.0 Å². The van der Waals surface area contributed by atoms with E-state index in [1.165, 1.54) is 0 Å². The quantitative estimate of drug-likeness (QED) is 0.774. The molecule has 5 heteroatoms. The van der Waals surface area contributed by atoms with Crippen molar-refractivity contribution in [3.05, 3.63) is 24.3 Å². The van der Waals surface area contributed by atoms with Crippen molar-refractivity contribution in [1.29, 1.82) is 0 Å². The van der Waals surface area contributed by atoms with Crippen molar-refractivity contribution in [3.8, 4) is 0 Å². The Labute approximate surface area is 123 Å². The van der Waals surface area contributed by atoms with Crippen molar-refractivity contribution >= 4 is 15.7 Å². The third-order valence-electron chi connectivity index (χ3n) is 2.92. The van der Waals surface area contributed by atoms with Gasteiger partial charge in [-0.25, -0.2) is 13.1 Å². The molecule has 0 fully saturated rings. The fraction of sp³-hybridized carbons (Fsp3) is 0.600. The van der Waals surface area contributed by atoms with Crippen molar-refractivity contribution in [2.45, 2.75) is 51.5 Å². The summed E-state index contributed by atoms with van der Waals surface area (Å²) in [5.41, 5.74) is 0.665. The maximum absolute atomic E-state index is 12.5. The van der Waals surface area contributed by atoms with Crippen LogP contribution < -0.4 is 10.0 Å². The van der Waals surface area contributed by atoms with E-state index in [0.717, 1.165) is 19.4 Å². The molecule has 0 aliphatic carbocycles. The molecule has 0 aromatic heterocycles. The number of sulfonamides is 1. The average molecular weight is 298 g/mol.